The second kappa shape index (κ2) is 7.08. The van der Waals surface area contributed by atoms with Gasteiger partial charge in [0.2, 0.25) is 0 Å². The van der Waals surface area contributed by atoms with Crippen LogP contribution in [0.5, 0.6) is 0 Å². The fourth-order valence-corrected chi connectivity index (χ4v) is 2.21. The number of nitrogens with two attached hydrogens (primary N) is 1. The van der Waals surface area contributed by atoms with Crippen LogP contribution in [0.2, 0.25) is 0 Å². The van der Waals surface area contributed by atoms with Gasteiger partial charge in [-0.1, -0.05) is 49.4 Å². The molecule has 0 unspecified atom stereocenters. The minimum Gasteiger partial charge on any atom is -0.398 e. The summed E-state index contributed by atoms with van der Waals surface area (Å²) < 4.78 is 0. The molecule has 3 heteroatoms. The maximum atomic E-state index is 9.06. The molecule has 0 aliphatic rings. The van der Waals surface area contributed by atoms with Crippen LogP contribution in [-0.2, 0) is 19.7 Å². The fourth-order valence-electron chi connectivity index (χ4n) is 2.21. The molecule has 2 aromatic carbocycles. The molecule has 0 atom stereocenters. The Morgan fingerprint density at radius 1 is 0.950 bits per heavy atom. The van der Waals surface area contributed by atoms with Crippen molar-refractivity contribution in [3.05, 3.63) is 65.2 Å². The largest absolute Gasteiger partial charge is 0.398 e. The summed E-state index contributed by atoms with van der Waals surface area (Å²) in [4.78, 5) is 2.35. The Morgan fingerprint density at radius 2 is 1.60 bits per heavy atom. The molecule has 3 N–H and O–H groups in total. The van der Waals surface area contributed by atoms with Crippen molar-refractivity contribution in [2.75, 3.05) is 12.3 Å². The molecule has 0 saturated heterocycles. The number of benzene rings is 2. The maximum absolute atomic E-state index is 9.06. The fraction of sp³-hybridized carbons (Fsp3) is 0.294. The number of nitrogens with zero attached hydrogens (tertiary/aromatic N) is 1. The highest BCUT2D eigenvalue weighted by molar-refractivity contribution is 5.46. The molecule has 0 heterocycles. The van der Waals surface area contributed by atoms with Gasteiger partial charge in [-0.3, -0.25) is 4.90 Å². The van der Waals surface area contributed by atoms with Gasteiger partial charge in [0.1, 0.15) is 0 Å². The average molecular weight is 270 g/mol. The van der Waals surface area contributed by atoms with Crippen LogP contribution in [0.3, 0.4) is 0 Å². The molecule has 3 nitrogen and oxygen atoms in total. The summed E-state index contributed by atoms with van der Waals surface area (Å²) >= 11 is 0. The summed E-state index contributed by atoms with van der Waals surface area (Å²) in [6, 6.07) is 16.1. The third kappa shape index (κ3) is 3.83. The number of aliphatic hydroxyl groups excluding tert-OH is 1. The predicted octanol–water partition coefficient (Wildman–Crippen LogP) is 2.78. The molecule has 0 fully saturated rings. The van der Waals surface area contributed by atoms with Crippen molar-refractivity contribution >= 4 is 5.69 Å². The van der Waals surface area contributed by atoms with Crippen LogP contribution in [0.1, 0.15) is 23.6 Å². The highest BCUT2D eigenvalue weighted by Gasteiger charge is 2.07. The predicted molar refractivity (Wildman–Crippen MR) is 83.0 cm³/mol. The van der Waals surface area contributed by atoms with Gasteiger partial charge in [0.05, 0.1) is 6.61 Å². The normalized spacial score (nSPS) is 10.9. The molecule has 0 amide bonds. The summed E-state index contributed by atoms with van der Waals surface area (Å²) in [5.41, 5.74) is 10.2. The molecule has 0 radical (unpaired) electrons. The SMILES string of the molecule is CCN(Cc1ccc(CO)cc1)Cc1ccccc1N. The molecule has 0 aliphatic heterocycles. The van der Waals surface area contributed by atoms with E-state index >= 15 is 0 Å². The summed E-state index contributed by atoms with van der Waals surface area (Å²) in [7, 11) is 0. The monoisotopic (exact) mass is 270 g/mol. The molecule has 0 bridgehead atoms. The first-order valence-electron chi connectivity index (χ1n) is 6.97. The number of anilines is 1. The number of hydrogen-bond acceptors (Lipinski definition) is 3. The average Bonchev–Trinajstić information content (AvgIpc) is 2.49. The van der Waals surface area contributed by atoms with Crippen LogP contribution in [0.4, 0.5) is 5.69 Å². The van der Waals surface area contributed by atoms with Crippen LogP contribution in [0, 0.1) is 0 Å². The minimum atomic E-state index is 0.0956. The Morgan fingerprint density at radius 3 is 2.20 bits per heavy atom. The Hall–Kier alpha value is -1.84. The first-order valence-corrected chi connectivity index (χ1v) is 6.97. The van der Waals surface area contributed by atoms with E-state index in [9.17, 15) is 0 Å². The molecule has 0 saturated carbocycles. The van der Waals surface area contributed by atoms with E-state index in [0.29, 0.717) is 0 Å². The van der Waals surface area contributed by atoms with Crippen LogP contribution in [0.15, 0.2) is 48.5 Å². The van der Waals surface area contributed by atoms with Gasteiger partial charge in [0, 0.05) is 18.8 Å². The van der Waals surface area contributed by atoms with Gasteiger partial charge in [-0.15, -0.1) is 0 Å². The van der Waals surface area contributed by atoms with Crippen molar-refractivity contribution in [3.63, 3.8) is 0 Å². The molecular weight excluding hydrogens is 248 g/mol. The lowest BCUT2D eigenvalue weighted by Crippen LogP contribution is -2.22. The first kappa shape index (κ1) is 14.6. The van der Waals surface area contributed by atoms with Crippen molar-refractivity contribution in [2.45, 2.75) is 26.6 Å². The van der Waals surface area contributed by atoms with E-state index in [1.54, 1.807) is 0 Å². The zero-order valence-electron chi connectivity index (χ0n) is 11.9. The van der Waals surface area contributed by atoms with E-state index in [1.807, 2.05) is 30.3 Å². The van der Waals surface area contributed by atoms with Crippen LogP contribution in [-0.4, -0.2) is 16.6 Å². The second-order valence-electron chi connectivity index (χ2n) is 4.98. The van der Waals surface area contributed by atoms with Gasteiger partial charge in [-0.25, -0.2) is 0 Å². The lowest BCUT2D eigenvalue weighted by molar-refractivity contribution is 0.271. The van der Waals surface area contributed by atoms with Gasteiger partial charge < -0.3 is 10.8 Å². The standard InChI is InChI=1S/C17H22N2O/c1-2-19(12-16-5-3-4-6-17(16)18)11-14-7-9-15(13-20)10-8-14/h3-10,20H,2,11-13,18H2,1H3. The van der Waals surface area contributed by atoms with E-state index in [-0.39, 0.29) is 6.61 Å². The number of para-hydroxylation sites is 1. The highest BCUT2D eigenvalue weighted by atomic mass is 16.3. The number of aliphatic hydroxyl groups is 1. The summed E-state index contributed by atoms with van der Waals surface area (Å²) in [5.74, 6) is 0. The van der Waals surface area contributed by atoms with Crippen LogP contribution >= 0.6 is 0 Å². The minimum absolute atomic E-state index is 0.0956. The zero-order valence-corrected chi connectivity index (χ0v) is 11.9. The summed E-state index contributed by atoms with van der Waals surface area (Å²) in [6.45, 7) is 4.96. The van der Waals surface area contributed by atoms with Crippen LogP contribution in [0.25, 0.3) is 0 Å². The number of hydrogen-bond donors (Lipinski definition) is 2. The number of rotatable bonds is 6. The van der Waals surface area contributed by atoms with Crippen molar-refractivity contribution in [1.29, 1.82) is 0 Å². The quantitative estimate of drug-likeness (QED) is 0.794. The van der Waals surface area contributed by atoms with E-state index in [2.05, 4.69) is 30.0 Å². The van der Waals surface area contributed by atoms with E-state index in [1.165, 1.54) is 11.1 Å². The summed E-state index contributed by atoms with van der Waals surface area (Å²) in [5, 5.41) is 9.06. The summed E-state index contributed by atoms with van der Waals surface area (Å²) in [6.07, 6.45) is 0. The zero-order chi connectivity index (χ0) is 14.4. The molecule has 2 aromatic rings. The maximum Gasteiger partial charge on any atom is 0.0681 e. The molecule has 0 aromatic heterocycles. The third-order valence-electron chi connectivity index (χ3n) is 3.51. The molecule has 0 spiro atoms. The van der Waals surface area contributed by atoms with E-state index < -0.39 is 0 Å². The third-order valence-corrected chi connectivity index (χ3v) is 3.51. The molecule has 20 heavy (non-hydrogen) atoms. The van der Waals surface area contributed by atoms with Gasteiger partial charge in [-0.05, 0) is 29.3 Å². The molecular formula is C17H22N2O. The molecule has 0 aliphatic carbocycles. The van der Waals surface area contributed by atoms with Gasteiger partial charge in [0.15, 0.2) is 0 Å². The van der Waals surface area contributed by atoms with Crippen LogP contribution < -0.4 is 5.73 Å². The first-order chi connectivity index (χ1) is 9.72. The topological polar surface area (TPSA) is 49.5 Å². The lowest BCUT2D eigenvalue weighted by atomic mass is 10.1. The van der Waals surface area contributed by atoms with Gasteiger partial charge in [-0.2, -0.15) is 0 Å². The van der Waals surface area contributed by atoms with Crippen molar-refractivity contribution in [2.24, 2.45) is 0 Å². The number of nitrogen functional groups attached to an aromatic ring is 1. The van der Waals surface area contributed by atoms with E-state index in [4.69, 9.17) is 10.8 Å². The van der Waals surface area contributed by atoms with Crippen molar-refractivity contribution in [1.82, 2.24) is 4.90 Å². The van der Waals surface area contributed by atoms with Gasteiger partial charge in [0.25, 0.3) is 0 Å². The second-order valence-corrected chi connectivity index (χ2v) is 4.98. The smallest absolute Gasteiger partial charge is 0.0681 e. The van der Waals surface area contributed by atoms with Crippen molar-refractivity contribution in [3.8, 4) is 0 Å². The Balaban J connectivity index is 2.03. The Kier molecular flexibility index (Phi) is 5.16. The van der Waals surface area contributed by atoms with Crippen molar-refractivity contribution < 1.29 is 5.11 Å². The molecule has 2 rings (SSSR count). The van der Waals surface area contributed by atoms with E-state index in [0.717, 1.165) is 30.9 Å². The Labute approximate surface area is 120 Å². The lowest BCUT2D eigenvalue weighted by Gasteiger charge is -2.21. The van der Waals surface area contributed by atoms with Gasteiger partial charge >= 0.3 is 0 Å². The highest BCUT2D eigenvalue weighted by Crippen LogP contribution is 2.15. The Bertz CT molecular complexity index is 537. The molecule has 106 valence electrons.